The van der Waals surface area contributed by atoms with Crippen LogP contribution in [0.3, 0.4) is 0 Å². The molecule has 0 saturated carbocycles. The Bertz CT molecular complexity index is 2230. The van der Waals surface area contributed by atoms with Crippen LogP contribution in [0.25, 0.3) is 11.2 Å². The number of aromatic amines is 1. The number of benzene rings is 1. The molecular weight excluding hydrogens is 778 g/mol. The molecule has 7 rings (SSSR count). The smallest absolute Gasteiger partial charge is 0.449 e. The normalized spacial score (nSPS) is 33.4. The first kappa shape index (κ1) is 37.2. The van der Waals surface area contributed by atoms with E-state index in [1.807, 2.05) is 4.98 Å². The maximum Gasteiger partial charge on any atom is 0.511 e. The molecule has 4 aromatic rings. The minimum atomic E-state index is -5.27. The molecule has 10 atom stereocenters. The number of phosphoric acid groups is 1. The summed E-state index contributed by atoms with van der Waals surface area (Å²) in [7, 11) is -5.27. The summed E-state index contributed by atoms with van der Waals surface area (Å²) >= 11 is 0.526. The number of imidazole rings is 1. The zero-order chi connectivity index (χ0) is 37.7. The van der Waals surface area contributed by atoms with Crippen LogP contribution in [0, 0.1) is 0 Å². The van der Waals surface area contributed by atoms with Gasteiger partial charge in [-0.05, 0) is 29.1 Å². The van der Waals surface area contributed by atoms with Gasteiger partial charge >= 0.3 is 26.5 Å². The first-order chi connectivity index (χ1) is 25.2. The Balaban J connectivity index is 1.22. The summed E-state index contributed by atoms with van der Waals surface area (Å²) in [6, 6.07) is 6.44. The highest BCUT2D eigenvalue weighted by molar-refractivity contribution is 8.54. The number of hydrogen-bond acceptors (Lipinski definition) is 17. The predicted octanol–water partition coefficient (Wildman–Crippen LogP) is 2.45. The van der Waals surface area contributed by atoms with Gasteiger partial charge in [0.05, 0.1) is 19.5 Å². The van der Waals surface area contributed by atoms with Gasteiger partial charge in [0.2, 0.25) is 0 Å². The molecule has 26 heteroatoms. The van der Waals surface area contributed by atoms with Crippen LogP contribution < -0.4 is 21.7 Å². The molecule has 0 aliphatic carbocycles. The van der Waals surface area contributed by atoms with Crippen LogP contribution >= 0.6 is 26.0 Å². The number of aromatic nitrogens is 6. The van der Waals surface area contributed by atoms with Gasteiger partial charge in [0.1, 0.15) is 42.0 Å². The zero-order valence-corrected chi connectivity index (χ0v) is 29.1. The first-order valence-corrected chi connectivity index (χ1v) is 19.9. The number of nitrogens with one attached hydrogen (secondary N) is 1. The molecule has 3 aliphatic rings. The van der Waals surface area contributed by atoms with Crippen LogP contribution in [0.15, 0.2) is 58.8 Å². The quantitative estimate of drug-likeness (QED) is 0.124. The molecule has 21 nitrogen and oxygen atoms in total. The number of carboxylic acid groups (broad SMARTS) is 1. The van der Waals surface area contributed by atoms with Gasteiger partial charge in [-0.3, -0.25) is 37.0 Å². The van der Waals surface area contributed by atoms with Crippen molar-refractivity contribution in [2.45, 2.75) is 55.0 Å². The Morgan fingerprint density at radius 2 is 1.72 bits per heavy atom. The van der Waals surface area contributed by atoms with Crippen molar-refractivity contribution in [1.29, 1.82) is 0 Å². The second kappa shape index (κ2) is 14.6. The van der Waals surface area contributed by atoms with Crippen LogP contribution in [0.1, 0.15) is 18.0 Å². The number of nitrogens with two attached hydrogens (primary N) is 1. The van der Waals surface area contributed by atoms with Crippen LogP contribution in [-0.2, 0) is 42.5 Å². The second-order valence-electron chi connectivity index (χ2n) is 11.6. The van der Waals surface area contributed by atoms with E-state index in [1.54, 1.807) is 0 Å². The number of anilines is 1. The van der Waals surface area contributed by atoms with E-state index in [9.17, 15) is 28.4 Å². The summed E-state index contributed by atoms with van der Waals surface area (Å²) in [6.07, 6.45) is -13.5. The van der Waals surface area contributed by atoms with Gasteiger partial charge in [0.15, 0.2) is 36.3 Å². The number of rotatable bonds is 6. The zero-order valence-electron chi connectivity index (χ0n) is 26.5. The van der Waals surface area contributed by atoms with Gasteiger partial charge in [0.25, 0.3) is 5.56 Å². The topological polar surface area (TPSA) is 281 Å². The standard InChI is InChI=1S/C27H27F2N7O14P2S/c28-17-14-7-45-52(43,53-9-12-1-3-13(4-2-12)46-27(39)40)50-20-15(48-24(18(20)29)35-6-5-16(37)34-26(35)38)8-44-51(41,42)49-21(17)25(47-14)36-11-33-19-22(30)31-10-32-23(19)36/h1-6,10-11,14-15,17-18,20-21,24-25H,7-9H2,(H,39,40)(H,41,42)(H2,30,31,32)(H,34,37,38)/t14-,15-,17-,18-,20-,21-,24-,25-,52?/m1/s1. The summed E-state index contributed by atoms with van der Waals surface area (Å²) in [4.78, 5) is 59.8. The Hall–Kier alpha value is -4.09. The monoisotopic (exact) mass is 805 g/mol. The van der Waals surface area contributed by atoms with Gasteiger partial charge in [-0.15, -0.1) is 0 Å². The molecule has 0 amide bonds. The van der Waals surface area contributed by atoms with E-state index in [0.717, 1.165) is 24.9 Å². The molecule has 2 bridgehead atoms. The highest BCUT2D eigenvalue weighted by atomic mass is 32.7. The molecule has 3 fully saturated rings. The highest BCUT2D eigenvalue weighted by Crippen LogP contribution is 2.64. The van der Waals surface area contributed by atoms with Gasteiger partial charge in [-0.1, -0.05) is 12.1 Å². The number of fused-ring (bicyclic) bond motifs is 4. The van der Waals surface area contributed by atoms with Crippen molar-refractivity contribution in [1.82, 2.24) is 29.1 Å². The van der Waals surface area contributed by atoms with Gasteiger partial charge in [-0.25, -0.2) is 42.5 Å². The minimum absolute atomic E-state index is 0.0121. The Morgan fingerprint density at radius 3 is 2.45 bits per heavy atom. The van der Waals surface area contributed by atoms with E-state index < -0.39 is 94.5 Å². The summed E-state index contributed by atoms with van der Waals surface area (Å²) < 4.78 is 100. The van der Waals surface area contributed by atoms with Gasteiger partial charge in [0, 0.05) is 18.0 Å². The molecule has 53 heavy (non-hydrogen) atoms. The molecule has 284 valence electrons. The third kappa shape index (κ3) is 7.78. The van der Waals surface area contributed by atoms with E-state index in [1.165, 1.54) is 28.8 Å². The molecule has 3 aromatic heterocycles. The second-order valence-corrected chi connectivity index (χ2v) is 17.0. The van der Waals surface area contributed by atoms with Crippen molar-refractivity contribution >= 4 is 49.1 Å². The minimum Gasteiger partial charge on any atom is -0.449 e. The Labute approximate surface area is 298 Å². The lowest BCUT2D eigenvalue weighted by Crippen LogP contribution is -2.36. The lowest BCUT2D eigenvalue weighted by molar-refractivity contribution is -0.0640. The summed E-state index contributed by atoms with van der Waals surface area (Å²) in [5.74, 6) is -0.202. The molecule has 0 radical (unpaired) electrons. The van der Waals surface area contributed by atoms with Crippen molar-refractivity contribution < 1.29 is 65.0 Å². The maximum atomic E-state index is 16.2. The fourth-order valence-electron chi connectivity index (χ4n) is 5.70. The maximum absolute atomic E-state index is 16.2. The highest BCUT2D eigenvalue weighted by Gasteiger charge is 2.55. The molecule has 3 aliphatic heterocycles. The van der Waals surface area contributed by atoms with Crippen LogP contribution in [0.5, 0.6) is 5.75 Å². The lowest BCUT2D eigenvalue weighted by atomic mass is 10.1. The number of hydrogen-bond donors (Lipinski definition) is 4. The lowest BCUT2D eigenvalue weighted by Gasteiger charge is -2.27. The summed E-state index contributed by atoms with van der Waals surface area (Å²) in [5, 5.41) is 8.86. The SMILES string of the molecule is Nc1ncnc2c1ncn2[C@@H]1O[C@@H]2COP(=O)(SCc3ccc(OC(=O)O)cc3)O[C@H]3[C@@H](F)[C@H](n4ccc(=O)[nH]c4=O)O[C@@H]3COP(=O)(O)O[C@@H]1[C@@H]2F. The van der Waals surface area contributed by atoms with E-state index in [2.05, 4.69) is 19.7 Å². The van der Waals surface area contributed by atoms with Crippen LogP contribution in [0.2, 0.25) is 0 Å². The average molecular weight is 806 g/mol. The van der Waals surface area contributed by atoms with E-state index in [4.69, 9.17) is 38.4 Å². The third-order valence-electron chi connectivity index (χ3n) is 8.14. The molecular formula is C27H27F2N7O14P2S. The Morgan fingerprint density at radius 1 is 0.981 bits per heavy atom. The van der Waals surface area contributed by atoms with E-state index >= 15 is 8.78 Å². The number of alkyl halides is 2. The molecule has 0 spiro atoms. The number of nitrogen functional groups attached to an aromatic ring is 1. The van der Waals surface area contributed by atoms with E-state index in [-0.39, 0.29) is 28.5 Å². The molecule has 6 heterocycles. The first-order valence-electron chi connectivity index (χ1n) is 15.3. The van der Waals surface area contributed by atoms with Crippen molar-refractivity contribution in [2.75, 3.05) is 18.9 Å². The van der Waals surface area contributed by atoms with Crippen LogP contribution in [-0.4, -0.2) is 95.2 Å². The van der Waals surface area contributed by atoms with Gasteiger partial charge < -0.3 is 29.9 Å². The van der Waals surface area contributed by atoms with Crippen molar-refractivity contribution in [3.8, 4) is 5.75 Å². The molecule has 1 aromatic carbocycles. The largest absolute Gasteiger partial charge is 0.511 e. The van der Waals surface area contributed by atoms with Crippen molar-refractivity contribution in [3.63, 3.8) is 0 Å². The molecule has 3 saturated heterocycles. The number of H-pyrrole nitrogens is 1. The van der Waals surface area contributed by atoms with E-state index in [0.29, 0.717) is 21.5 Å². The third-order valence-corrected chi connectivity index (χ3v) is 12.8. The number of ether oxygens (including phenoxy) is 3. The number of halogens is 2. The Kier molecular flexibility index (Phi) is 10.3. The van der Waals surface area contributed by atoms with Crippen LogP contribution in [0.4, 0.5) is 19.4 Å². The van der Waals surface area contributed by atoms with Crippen molar-refractivity contribution in [3.05, 3.63) is 75.6 Å². The van der Waals surface area contributed by atoms with Crippen molar-refractivity contribution in [2.24, 2.45) is 0 Å². The number of phosphoric ester groups is 1. The summed E-state index contributed by atoms with van der Waals surface area (Å²) in [6.45, 7) is -6.47. The molecule has 5 N–H and O–H groups in total. The average Bonchev–Trinajstić information content (AvgIpc) is 3.76. The fourth-order valence-corrected chi connectivity index (χ4v) is 10.0. The fraction of sp³-hybridized carbons (Fsp3) is 0.407. The molecule has 2 unspecified atom stereocenters. The summed E-state index contributed by atoms with van der Waals surface area (Å²) in [5.41, 5.74) is 4.60. The number of carbonyl (C=O) groups is 1. The predicted molar refractivity (Wildman–Crippen MR) is 174 cm³/mol. The van der Waals surface area contributed by atoms with Gasteiger partial charge in [-0.2, -0.15) is 0 Å². The number of nitrogens with zero attached hydrogens (tertiary/aromatic N) is 5.